The number of nitrogens with zero attached hydrogens (tertiary/aromatic N) is 1. The van der Waals surface area contributed by atoms with Crippen molar-refractivity contribution in [2.24, 2.45) is 5.73 Å². The third-order valence-corrected chi connectivity index (χ3v) is 3.20. The van der Waals surface area contributed by atoms with Crippen LogP contribution < -0.4 is 10.5 Å². The highest BCUT2D eigenvalue weighted by Crippen LogP contribution is 2.22. The van der Waals surface area contributed by atoms with Crippen LogP contribution in [0.25, 0.3) is 0 Å². The quantitative estimate of drug-likeness (QED) is 0.808. The Morgan fingerprint density at radius 2 is 2.06 bits per heavy atom. The van der Waals surface area contributed by atoms with E-state index in [-0.39, 0.29) is 0 Å². The minimum absolute atomic E-state index is 0.538. The lowest BCUT2D eigenvalue weighted by Gasteiger charge is -2.27. The zero-order valence-electron chi connectivity index (χ0n) is 12.1. The van der Waals surface area contributed by atoms with Gasteiger partial charge < -0.3 is 10.5 Å². The minimum Gasteiger partial charge on any atom is -0.496 e. The van der Waals surface area contributed by atoms with Gasteiger partial charge in [-0.1, -0.05) is 13.0 Å². The fourth-order valence-electron chi connectivity index (χ4n) is 2.11. The molecule has 102 valence electrons. The number of nitrogens with two attached hydrogens (primary N) is 1. The van der Waals surface area contributed by atoms with E-state index in [0.717, 1.165) is 30.8 Å². The predicted octanol–water partition coefficient (Wildman–Crippen LogP) is 2.77. The zero-order valence-corrected chi connectivity index (χ0v) is 12.1. The van der Waals surface area contributed by atoms with E-state index in [1.54, 1.807) is 7.11 Å². The summed E-state index contributed by atoms with van der Waals surface area (Å²) in [5.74, 6) is 0.953. The maximum atomic E-state index is 5.71. The van der Waals surface area contributed by atoms with E-state index in [1.165, 1.54) is 5.56 Å². The zero-order chi connectivity index (χ0) is 13.5. The summed E-state index contributed by atoms with van der Waals surface area (Å²) in [5.41, 5.74) is 8.09. The van der Waals surface area contributed by atoms with Crippen molar-refractivity contribution in [2.75, 3.05) is 13.7 Å². The Morgan fingerprint density at radius 3 is 2.56 bits per heavy atom. The third-order valence-electron chi connectivity index (χ3n) is 3.20. The topological polar surface area (TPSA) is 38.5 Å². The highest BCUT2D eigenvalue weighted by Gasteiger charge is 2.12. The summed E-state index contributed by atoms with van der Waals surface area (Å²) >= 11 is 0. The largest absolute Gasteiger partial charge is 0.496 e. The second-order valence-electron chi connectivity index (χ2n) is 4.91. The SMILES string of the molecule is CCCN(Cc1cc(CN)ccc1OC)C(C)C. The van der Waals surface area contributed by atoms with Crippen LogP contribution in [-0.2, 0) is 13.1 Å². The standard InChI is InChI=1S/C15H26N2O/c1-5-8-17(12(2)3)11-14-9-13(10-16)6-7-15(14)18-4/h6-7,9,12H,5,8,10-11,16H2,1-4H3. The monoisotopic (exact) mass is 250 g/mol. The lowest BCUT2D eigenvalue weighted by atomic mass is 10.1. The maximum Gasteiger partial charge on any atom is 0.123 e. The molecule has 1 aromatic rings. The highest BCUT2D eigenvalue weighted by molar-refractivity contribution is 5.37. The molecule has 0 bridgehead atoms. The summed E-state index contributed by atoms with van der Waals surface area (Å²) in [6, 6.07) is 6.74. The molecule has 0 radical (unpaired) electrons. The summed E-state index contributed by atoms with van der Waals surface area (Å²) in [5, 5.41) is 0. The third kappa shape index (κ3) is 4.00. The van der Waals surface area contributed by atoms with Crippen molar-refractivity contribution in [3.8, 4) is 5.75 Å². The molecule has 0 aliphatic carbocycles. The first-order valence-corrected chi connectivity index (χ1v) is 6.72. The Bertz CT molecular complexity index is 364. The van der Waals surface area contributed by atoms with Crippen LogP contribution in [0, 0.1) is 0 Å². The van der Waals surface area contributed by atoms with E-state index in [1.807, 2.05) is 12.1 Å². The summed E-state index contributed by atoms with van der Waals surface area (Å²) < 4.78 is 5.44. The predicted molar refractivity (Wildman–Crippen MR) is 76.7 cm³/mol. The van der Waals surface area contributed by atoms with Crippen LogP contribution in [-0.4, -0.2) is 24.6 Å². The van der Waals surface area contributed by atoms with Crippen LogP contribution in [0.4, 0.5) is 0 Å². The van der Waals surface area contributed by atoms with Gasteiger partial charge in [-0.05, 0) is 44.5 Å². The Morgan fingerprint density at radius 1 is 1.33 bits per heavy atom. The van der Waals surface area contributed by atoms with Crippen LogP contribution in [0.5, 0.6) is 5.75 Å². The average Bonchev–Trinajstić information content (AvgIpc) is 2.37. The molecule has 3 nitrogen and oxygen atoms in total. The van der Waals surface area contributed by atoms with Crippen LogP contribution in [0.2, 0.25) is 0 Å². The number of methoxy groups -OCH3 is 1. The van der Waals surface area contributed by atoms with Crippen molar-refractivity contribution in [2.45, 2.75) is 46.3 Å². The van der Waals surface area contributed by atoms with E-state index < -0.39 is 0 Å². The van der Waals surface area contributed by atoms with Gasteiger partial charge in [0.15, 0.2) is 0 Å². The number of ether oxygens (including phenoxy) is 1. The van der Waals surface area contributed by atoms with Gasteiger partial charge in [-0.25, -0.2) is 0 Å². The van der Waals surface area contributed by atoms with Gasteiger partial charge in [0.05, 0.1) is 7.11 Å². The molecule has 0 saturated carbocycles. The van der Waals surface area contributed by atoms with E-state index in [2.05, 4.69) is 31.7 Å². The molecule has 0 spiro atoms. The number of hydrogen-bond acceptors (Lipinski definition) is 3. The van der Waals surface area contributed by atoms with Gasteiger partial charge in [0.1, 0.15) is 5.75 Å². The first-order chi connectivity index (χ1) is 8.62. The Balaban J connectivity index is 2.91. The second kappa shape index (κ2) is 7.39. The Hall–Kier alpha value is -1.06. The van der Waals surface area contributed by atoms with Crippen molar-refractivity contribution in [3.05, 3.63) is 29.3 Å². The van der Waals surface area contributed by atoms with Gasteiger partial charge in [0, 0.05) is 24.7 Å². The van der Waals surface area contributed by atoms with E-state index in [4.69, 9.17) is 10.5 Å². The molecule has 0 atom stereocenters. The van der Waals surface area contributed by atoms with E-state index >= 15 is 0 Å². The second-order valence-corrected chi connectivity index (χ2v) is 4.91. The smallest absolute Gasteiger partial charge is 0.123 e. The van der Waals surface area contributed by atoms with Gasteiger partial charge in [0.2, 0.25) is 0 Å². The van der Waals surface area contributed by atoms with Crippen molar-refractivity contribution >= 4 is 0 Å². The van der Waals surface area contributed by atoms with Crippen molar-refractivity contribution in [1.29, 1.82) is 0 Å². The van der Waals surface area contributed by atoms with E-state index in [9.17, 15) is 0 Å². The summed E-state index contributed by atoms with van der Waals surface area (Å²) in [7, 11) is 1.72. The molecule has 1 rings (SSSR count). The molecule has 3 heteroatoms. The molecular formula is C15H26N2O. The van der Waals surface area contributed by atoms with Crippen molar-refractivity contribution < 1.29 is 4.74 Å². The Labute approximate surface area is 111 Å². The fraction of sp³-hybridized carbons (Fsp3) is 0.600. The molecule has 0 saturated heterocycles. The number of hydrogen-bond donors (Lipinski definition) is 1. The normalized spacial score (nSPS) is 11.3. The number of rotatable bonds is 7. The van der Waals surface area contributed by atoms with Gasteiger partial charge in [0.25, 0.3) is 0 Å². The van der Waals surface area contributed by atoms with Gasteiger partial charge in [-0.3, -0.25) is 4.90 Å². The van der Waals surface area contributed by atoms with Crippen LogP contribution in [0.1, 0.15) is 38.3 Å². The lowest BCUT2D eigenvalue weighted by molar-refractivity contribution is 0.210. The molecule has 0 amide bonds. The van der Waals surface area contributed by atoms with Gasteiger partial charge in [-0.2, -0.15) is 0 Å². The molecule has 0 aliphatic rings. The average molecular weight is 250 g/mol. The maximum absolute atomic E-state index is 5.71. The summed E-state index contributed by atoms with van der Waals surface area (Å²) in [4.78, 5) is 2.46. The summed E-state index contributed by atoms with van der Waals surface area (Å²) in [6.45, 7) is 9.27. The minimum atomic E-state index is 0.538. The Kier molecular flexibility index (Phi) is 6.16. The van der Waals surface area contributed by atoms with Gasteiger partial charge >= 0.3 is 0 Å². The lowest BCUT2D eigenvalue weighted by Crippen LogP contribution is -2.31. The highest BCUT2D eigenvalue weighted by atomic mass is 16.5. The van der Waals surface area contributed by atoms with E-state index in [0.29, 0.717) is 12.6 Å². The fourth-order valence-corrected chi connectivity index (χ4v) is 2.11. The summed E-state index contributed by atoms with van der Waals surface area (Å²) in [6.07, 6.45) is 1.16. The van der Waals surface area contributed by atoms with Crippen LogP contribution in [0.3, 0.4) is 0 Å². The molecule has 1 aromatic carbocycles. The molecule has 2 N–H and O–H groups in total. The molecule has 0 fully saturated rings. The molecule has 0 heterocycles. The molecular weight excluding hydrogens is 224 g/mol. The molecule has 18 heavy (non-hydrogen) atoms. The van der Waals surface area contributed by atoms with Crippen molar-refractivity contribution in [1.82, 2.24) is 4.90 Å². The van der Waals surface area contributed by atoms with Gasteiger partial charge in [-0.15, -0.1) is 0 Å². The molecule has 0 aromatic heterocycles. The number of benzene rings is 1. The van der Waals surface area contributed by atoms with Crippen LogP contribution >= 0.6 is 0 Å². The first-order valence-electron chi connectivity index (χ1n) is 6.72. The molecule has 0 aliphatic heterocycles. The van der Waals surface area contributed by atoms with Crippen molar-refractivity contribution in [3.63, 3.8) is 0 Å². The van der Waals surface area contributed by atoms with Crippen LogP contribution in [0.15, 0.2) is 18.2 Å². The molecule has 0 unspecified atom stereocenters. The first kappa shape index (κ1) is 15.0.